The average molecular weight is 243 g/mol. The number of anilines is 1. The molecule has 0 aliphatic heterocycles. The van der Waals surface area contributed by atoms with E-state index in [1.54, 1.807) is 0 Å². The number of aromatic nitrogens is 2. The van der Waals surface area contributed by atoms with Crippen molar-refractivity contribution in [3.05, 3.63) is 41.6 Å². The Balaban J connectivity index is 2.46. The highest BCUT2D eigenvalue weighted by Gasteiger charge is 2.10. The van der Waals surface area contributed by atoms with Crippen molar-refractivity contribution in [2.75, 3.05) is 5.73 Å². The molecule has 5 heteroatoms. The Kier molecular flexibility index (Phi) is 3.23. The second-order valence-electron chi connectivity index (χ2n) is 3.85. The summed E-state index contributed by atoms with van der Waals surface area (Å²) in [5.41, 5.74) is 7.95. The molecule has 0 unspecified atom stereocenters. The van der Waals surface area contributed by atoms with E-state index < -0.39 is 5.97 Å². The Morgan fingerprint density at radius 2 is 1.94 bits per heavy atom. The van der Waals surface area contributed by atoms with E-state index in [0.717, 1.165) is 12.0 Å². The normalized spacial score (nSPS) is 10.3. The number of nitrogens with zero attached hydrogens (tertiary/aromatic N) is 2. The molecular weight excluding hydrogens is 230 g/mol. The van der Waals surface area contributed by atoms with E-state index in [2.05, 4.69) is 16.9 Å². The summed E-state index contributed by atoms with van der Waals surface area (Å²) in [4.78, 5) is 18.6. The lowest BCUT2D eigenvalue weighted by atomic mass is 10.1. The number of aryl methyl sites for hydroxylation is 1. The molecule has 0 amide bonds. The number of rotatable bonds is 3. The third-order valence-electron chi connectivity index (χ3n) is 2.62. The standard InChI is InChI=1S/C13H13N3O2/c1-2-8-3-5-9(6-4-8)10-7-11(12(17)18)16-13(14)15-10/h3-7H,2H2,1H3,(H,17,18)(H2,14,15,16). The van der Waals surface area contributed by atoms with Crippen LogP contribution in [-0.2, 0) is 6.42 Å². The van der Waals surface area contributed by atoms with E-state index in [1.165, 1.54) is 11.6 Å². The molecule has 92 valence electrons. The monoisotopic (exact) mass is 243 g/mol. The first-order valence-electron chi connectivity index (χ1n) is 5.57. The Labute approximate surface area is 104 Å². The van der Waals surface area contributed by atoms with E-state index in [4.69, 9.17) is 10.8 Å². The van der Waals surface area contributed by atoms with Gasteiger partial charge in [0.05, 0.1) is 5.69 Å². The van der Waals surface area contributed by atoms with Crippen LogP contribution in [0.25, 0.3) is 11.3 Å². The summed E-state index contributed by atoms with van der Waals surface area (Å²) in [6, 6.07) is 9.17. The molecule has 2 aromatic rings. The molecule has 3 N–H and O–H groups in total. The zero-order valence-electron chi connectivity index (χ0n) is 9.92. The van der Waals surface area contributed by atoms with Gasteiger partial charge < -0.3 is 10.8 Å². The van der Waals surface area contributed by atoms with Gasteiger partial charge in [0.15, 0.2) is 5.69 Å². The highest BCUT2D eigenvalue weighted by Crippen LogP contribution is 2.19. The van der Waals surface area contributed by atoms with Gasteiger partial charge >= 0.3 is 5.97 Å². The van der Waals surface area contributed by atoms with Crippen LogP contribution in [0.2, 0.25) is 0 Å². The molecule has 5 nitrogen and oxygen atoms in total. The fraction of sp³-hybridized carbons (Fsp3) is 0.154. The van der Waals surface area contributed by atoms with E-state index in [0.29, 0.717) is 5.69 Å². The van der Waals surface area contributed by atoms with Crippen molar-refractivity contribution in [1.29, 1.82) is 0 Å². The molecule has 0 saturated heterocycles. The molecule has 18 heavy (non-hydrogen) atoms. The number of carbonyl (C=O) groups is 1. The molecule has 1 aromatic heterocycles. The second-order valence-corrected chi connectivity index (χ2v) is 3.85. The van der Waals surface area contributed by atoms with E-state index in [-0.39, 0.29) is 11.6 Å². The molecule has 0 saturated carbocycles. The van der Waals surface area contributed by atoms with Crippen LogP contribution < -0.4 is 5.73 Å². The fourth-order valence-electron chi connectivity index (χ4n) is 1.63. The molecule has 0 atom stereocenters. The summed E-state index contributed by atoms with van der Waals surface area (Å²) < 4.78 is 0. The molecule has 0 radical (unpaired) electrons. The van der Waals surface area contributed by atoms with Crippen molar-refractivity contribution in [3.8, 4) is 11.3 Å². The van der Waals surface area contributed by atoms with Gasteiger partial charge in [-0.3, -0.25) is 0 Å². The van der Waals surface area contributed by atoms with Gasteiger partial charge in [-0.25, -0.2) is 14.8 Å². The Hall–Kier alpha value is -2.43. The molecule has 0 spiro atoms. The van der Waals surface area contributed by atoms with Crippen LogP contribution in [0.15, 0.2) is 30.3 Å². The predicted octanol–water partition coefficient (Wildman–Crippen LogP) is 1.99. The van der Waals surface area contributed by atoms with Gasteiger partial charge in [-0.05, 0) is 18.1 Å². The van der Waals surface area contributed by atoms with Gasteiger partial charge in [0, 0.05) is 5.56 Å². The maximum Gasteiger partial charge on any atom is 0.354 e. The highest BCUT2D eigenvalue weighted by atomic mass is 16.4. The topological polar surface area (TPSA) is 89.1 Å². The first kappa shape index (κ1) is 12.0. The number of aromatic carboxylic acids is 1. The van der Waals surface area contributed by atoms with Gasteiger partial charge in [0.1, 0.15) is 0 Å². The number of carboxylic acid groups (broad SMARTS) is 1. The first-order chi connectivity index (χ1) is 8.60. The Morgan fingerprint density at radius 3 is 2.50 bits per heavy atom. The summed E-state index contributed by atoms with van der Waals surface area (Å²) in [5, 5.41) is 8.92. The quantitative estimate of drug-likeness (QED) is 0.860. The molecule has 0 aliphatic carbocycles. The number of hydrogen-bond acceptors (Lipinski definition) is 4. The van der Waals surface area contributed by atoms with Gasteiger partial charge in [-0.2, -0.15) is 0 Å². The first-order valence-corrected chi connectivity index (χ1v) is 5.57. The molecule has 0 aliphatic rings. The van der Waals surface area contributed by atoms with E-state index in [9.17, 15) is 4.79 Å². The van der Waals surface area contributed by atoms with Crippen LogP contribution in [0, 0.1) is 0 Å². The minimum absolute atomic E-state index is 0.0375. The summed E-state index contributed by atoms with van der Waals surface area (Å²) in [6.45, 7) is 2.07. The van der Waals surface area contributed by atoms with E-state index in [1.807, 2.05) is 24.3 Å². The maximum atomic E-state index is 10.9. The lowest BCUT2D eigenvalue weighted by Gasteiger charge is -2.04. The molecule has 2 rings (SSSR count). The van der Waals surface area contributed by atoms with Gasteiger partial charge in [0.2, 0.25) is 5.95 Å². The molecular formula is C13H13N3O2. The largest absolute Gasteiger partial charge is 0.477 e. The SMILES string of the molecule is CCc1ccc(-c2cc(C(=O)O)nc(N)n2)cc1. The summed E-state index contributed by atoms with van der Waals surface area (Å²) in [7, 11) is 0. The second kappa shape index (κ2) is 4.83. The highest BCUT2D eigenvalue weighted by molar-refractivity contribution is 5.87. The lowest BCUT2D eigenvalue weighted by Crippen LogP contribution is -2.06. The van der Waals surface area contributed by atoms with Crippen LogP contribution in [0.1, 0.15) is 23.0 Å². The third-order valence-corrected chi connectivity index (χ3v) is 2.62. The smallest absolute Gasteiger partial charge is 0.354 e. The number of benzene rings is 1. The van der Waals surface area contributed by atoms with Crippen LogP contribution in [0.5, 0.6) is 0 Å². The van der Waals surface area contributed by atoms with E-state index >= 15 is 0 Å². The Bertz CT molecular complexity index is 579. The van der Waals surface area contributed by atoms with Crippen molar-refractivity contribution in [3.63, 3.8) is 0 Å². The molecule has 1 heterocycles. The number of carboxylic acids is 1. The van der Waals surface area contributed by atoms with Gasteiger partial charge in [-0.15, -0.1) is 0 Å². The Morgan fingerprint density at radius 1 is 1.28 bits per heavy atom. The van der Waals surface area contributed by atoms with Crippen molar-refractivity contribution in [2.24, 2.45) is 0 Å². The maximum absolute atomic E-state index is 10.9. The van der Waals surface area contributed by atoms with Crippen LogP contribution in [-0.4, -0.2) is 21.0 Å². The summed E-state index contributed by atoms with van der Waals surface area (Å²) >= 11 is 0. The van der Waals surface area contributed by atoms with Crippen LogP contribution in [0.3, 0.4) is 0 Å². The minimum Gasteiger partial charge on any atom is -0.477 e. The number of nitrogens with two attached hydrogens (primary N) is 1. The molecule has 1 aromatic carbocycles. The average Bonchev–Trinajstić information content (AvgIpc) is 2.38. The zero-order chi connectivity index (χ0) is 13.1. The zero-order valence-corrected chi connectivity index (χ0v) is 9.92. The van der Waals surface area contributed by atoms with Crippen LogP contribution >= 0.6 is 0 Å². The van der Waals surface area contributed by atoms with Gasteiger partial charge in [-0.1, -0.05) is 31.2 Å². The van der Waals surface area contributed by atoms with Crippen molar-refractivity contribution >= 4 is 11.9 Å². The molecule has 0 bridgehead atoms. The summed E-state index contributed by atoms with van der Waals surface area (Å²) in [6.07, 6.45) is 0.951. The number of hydrogen-bond donors (Lipinski definition) is 2. The van der Waals surface area contributed by atoms with Crippen molar-refractivity contribution in [2.45, 2.75) is 13.3 Å². The lowest BCUT2D eigenvalue weighted by molar-refractivity contribution is 0.0690. The van der Waals surface area contributed by atoms with Gasteiger partial charge in [0.25, 0.3) is 0 Å². The summed E-state index contributed by atoms with van der Waals surface area (Å²) in [5.74, 6) is -1.15. The van der Waals surface area contributed by atoms with Crippen LogP contribution in [0.4, 0.5) is 5.95 Å². The predicted molar refractivity (Wildman–Crippen MR) is 68.2 cm³/mol. The van der Waals surface area contributed by atoms with Crippen molar-refractivity contribution in [1.82, 2.24) is 9.97 Å². The number of nitrogen functional groups attached to an aromatic ring is 1. The molecule has 0 fully saturated rings. The third kappa shape index (κ3) is 2.45. The van der Waals surface area contributed by atoms with Crippen molar-refractivity contribution < 1.29 is 9.90 Å². The fourth-order valence-corrected chi connectivity index (χ4v) is 1.63. The minimum atomic E-state index is -1.12.